The summed E-state index contributed by atoms with van der Waals surface area (Å²) in [6, 6.07) is 9.47. The van der Waals surface area contributed by atoms with Gasteiger partial charge in [0.05, 0.1) is 39.8 Å². The fourth-order valence-electron chi connectivity index (χ4n) is 8.56. The number of benzene rings is 2. The third-order valence-electron chi connectivity index (χ3n) is 11.7. The number of hydrogen-bond donors (Lipinski definition) is 4. The highest BCUT2D eigenvalue weighted by atomic mass is 32.2. The number of aromatic nitrogens is 2. The van der Waals surface area contributed by atoms with Crippen LogP contribution in [0.5, 0.6) is 0 Å². The summed E-state index contributed by atoms with van der Waals surface area (Å²) < 4.78 is 101. The second-order valence-corrected chi connectivity index (χ2v) is 18.0. The minimum Gasteiger partial charge on any atom is -0.388 e. The molecule has 1 unspecified atom stereocenters. The topological polar surface area (TPSA) is 184 Å². The lowest BCUT2D eigenvalue weighted by Crippen LogP contribution is -2.53. The van der Waals surface area contributed by atoms with E-state index in [2.05, 4.69) is 36.3 Å². The molecule has 5 heterocycles. The number of β-amino-alcohol motifs (C(OH)–C–C–N with tert-alkyl or cyclic N) is 1. The number of carbonyl (C=O) groups excluding carboxylic acids is 2. The van der Waals surface area contributed by atoms with E-state index in [1.807, 2.05) is 11.0 Å². The zero-order chi connectivity index (χ0) is 43.0. The molecule has 0 spiro atoms. The Bertz CT molecular complexity index is 2270. The first-order valence-corrected chi connectivity index (χ1v) is 21.4. The maximum Gasteiger partial charge on any atom is 0.421 e. The smallest absolute Gasteiger partial charge is 0.388 e. The van der Waals surface area contributed by atoms with Crippen LogP contribution >= 0.6 is 0 Å². The normalized spacial score (nSPS) is 24.9. The number of nitriles is 1. The molecule has 0 aliphatic carbocycles. The zero-order valence-corrected chi connectivity index (χ0v) is 33.6. The van der Waals surface area contributed by atoms with Gasteiger partial charge in [-0.3, -0.25) is 14.9 Å². The molecule has 322 valence electrons. The van der Waals surface area contributed by atoms with Crippen molar-refractivity contribution in [1.29, 1.82) is 5.26 Å². The number of likely N-dealkylation sites (tertiary alicyclic amines) is 1. The van der Waals surface area contributed by atoms with Gasteiger partial charge in [0.25, 0.3) is 0 Å². The van der Waals surface area contributed by atoms with Crippen molar-refractivity contribution in [1.82, 2.24) is 24.9 Å². The first-order chi connectivity index (χ1) is 28.4. The van der Waals surface area contributed by atoms with Gasteiger partial charge in [0, 0.05) is 57.6 Å². The van der Waals surface area contributed by atoms with E-state index in [1.165, 1.54) is 11.8 Å². The predicted molar refractivity (Wildman–Crippen MR) is 210 cm³/mol. The molecular formula is C40H46F5N9O5S. The van der Waals surface area contributed by atoms with Crippen LogP contribution in [0.3, 0.4) is 0 Å². The Balaban J connectivity index is 0.914. The standard InChI is InChI=1S/C40H46F5N9O5S/c1-39(57)12-2-13-54(23-39)36-30(40(43,44)45)20-47-38(50-36)48-33-7-4-27(18-31(33)41)60(58,59)51-34-11-14-52(22-32(34)42)21-24-9-15-53(16-10-24)26-3-5-28(25(17-26)19-46)29-6-8-35(55)49-37(29)56/h3-5,7,17-18,20,24,29,32,34,51,57H,2,6,8-16,21-23H2,1H3,(H,47,48,50)(H,49,55,56)/t29?,32-,34+,39-/m0/s1. The molecule has 4 aliphatic rings. The second kappa shape index (κ2) is 17.2. The van der Waals surface area contributed by atoms with E-state index in [9.17, 15) is 41.5 Å². The van der Waals surface area contributed by atoms with Crippen LogP contribution in [0.4, 0.5) is 45.1 Å². The van der Waals surface area contributed by atoms with E-state index in [-0.39, 0.29) is 55.9 Å². The number of carbonyl (C=O) groups is 2. The van der Waals surface area contributed by atoms with Crippen LogP contribution in [0.2, 0.25) is 0 Å². The third-order valence-corrected chi connectivity index (χ3v) is 13.2. The van der Waals surface area contributed by atoms with E-state index in [1.54, 1.807) is 12.1 Å². The fraction of sp³-hybridized carbons (Fsp3) is 0.525. The molecule has 60 heavy (non-hydrogen) atoms. The van der Waals surface area contributed by atoms with Crippen LogP contribution in [-0.2, 0) is 25.8 Å². The number of alkyl halides is 4. The summed E-state index contributed by atoms with van der Waals surface area (Å²) in [4.78, 5) is 36.7. The van der Waals surface area contributed by atoms with E-state index in [4.69, 9.17) is 0 Å². The number of rotatable bonds is 10. The van der Waals surface area contributed by atoms with Gasteiger partial charge in [-0.2, -0.15) is 23.4 Å². The van der Waals surface area contributed by atoms with E-state index >= 15 is 8.78 Å². The molecule has 3 aromatic rings. The van der Waals surface area contributed by atoms with Gasteiger partial charge in [0.15, 0.2) is 0 Å². The lowest BCUT2D eigenvalue weighted by atomic mass is 9.87. The minimum absolute atomic E-state index is 0.00203. The maximum absolute atomic E-state index is 15.5. The molecule has 2 aromatic carbocycles. The Labute approximate surface area is 344 Å². The Morgan fingerprint density at radius 2 is 1.82 bits per heavy atom. The van der Waals surface area contributed by atoms with Crippen LogP contribution in [0.1, 0.15) is 74.5 Å². The monoisotopic (exact) mass is 859 g/mol. The summed E-state index contributed by atoms with van der Waals surface area (Å²) in [5, 5.41) is 25.2. The largest absolute Gasteiger partial charge is 0.421 e. The number of nitrogens with zero attached hydrogens (tertiary/aromatic N) is 6. The minimum atomic E-state index is -4.80. The summed E-state index contributed by atoms with van der Waals surface area (Å²) in [6.07, 6.45) is -2.60. The third kappa shape index (κ3) is 9.80. The molecule has 4 saturated heterocycles. The van der Waals surface area contributed by atoms with Gasteiger partial charge in [-0.15, -0.1) is 0 Å². The first-order valence-electron chi connectivity index (χ1n) is 19.9. The molecule has 0 saturated carbocycles. The number of halogens is 5. The summed E-state index contributed by atoms with van der Waals surface area (Å²) >= 11 is 0. The number of nitrogens with one attached hydrogen (secondary N) is 3. The van der Waals surface area contributed by atoms with Crippen LogP contribution < -0.4 is 25.2 Å². The molecule has 2 amide bonds. The van der Waals surface area contributed by atoms with Crippen LogP contribution in [0, 0.1) is 23.1 Å². The highest BCUT2D eigenvalue weighted by Gasteiger charge is 2.40. The van der Waals surface area contributed by atoms with Gasteiger partial charge < -0.3 is 25.1 Å². The number of imide groups is 1. The van der Waals surface area contributed by atoms with E-state index in [0.717, 1.165) is 36.7 Å². The number of aliphatic hydroxyl groups is 1. The zero-order valence-electron chi connectivity index (χ0n) is 32.8. The SMILES string of the molecule is C[C@]1(O)CCCN(c2nc(Nc3ccc(S(=O)(=O)N[C@@H]4CCN(CC5CCN(c6ccc(C7CCC(=O)NC7=O)c(C#N)c6)CC5)C[C@@H]4F)cc3F)ncc2C(F)(F)F)C1. The van der Waals surface area contributed by atoms with E-state index in [0.29, 0.717) is 62.8 Å². The fourth-order valence-corrected chi connectivity index (χ4v) is 9.87. The van der Waals surface area contributed by atoms with Crippen molar-refractivity contribution in [2.45, 2.75) is 86.7 Å². The highest BCUT2D eigenvalue weighted by Crippen LogP contribution is 2.38. The van der Waals surface area contributed by atoms with Gasteiger partial charge in [-0.25, -0.2) is 26.9 Å². The molecule has 20 heteroatoms. The van der Waals surface area contributed by atoms with Crippen molar-refractivity contribution >= 4 is 45.0 Å². The van der Waals surface area contributed by atoms with E-state index < -0.39 is 67.9 Å². The average Bonchev–Trinajstić information content (AvgIpc) is 3.19. The lowest BCUT2D eigenvalue weighted by Gasteiger charge is -2.39. The average molecular weight is 860 g/mol. The van der Waals surface area contributed by atoms with Crippen LogP contribution in [0.15, 0.2) is 47.5 Å². The maximum atomic E-state index is 15.5. The predicted octanol–water partition coefficient (Wildman–Crippen LogP) is 4.73. The molecule has 4 aliphatic heterocycles. The number of piperidine rings is 4. The molecular weight excluding hydrogens is 814 g/mol. The Morgan fingerprint density at radius 1 is 1.05 bits per heavy atom. The molecule has 4 N–H and O–H groups in total. The Kier molecular flexibility index (Phi) is 12.4. The molecule has 0 radical (unpaired) electrons. The van der Waals surface area contributed by atoms with Crippen molar-refractivity contribution in [3.05, 3.63) is 65.1 Å². The second-order valence-electron chi connectivity index (χ2n) is 16.3. The van der Waals surface area contributed by atoms with Gasteiger partial charge in [-0.1, -0.05) is 6.07 Å². The molecule has 1 aromatic heterocycles. The van der Waals surface area contributed by atoms with Crippen LogP contribution in [-0.4, -0.2) is 104 Å². The van der Waals surface area contributed by atoms with Crippen molar-refractivity contribution < 1.29 is 45.1 Å². The number of hydrogen-bond acceptors (Lipinski definition) is 12. The molecule has 14 nitrogen and oxygen atoms in total. The molecule has 7 rings (SSSR count). The summed E-state index contributed by atoms with van der Waals surface area (Å²) in [6.45, 7) is 4.06. The van der Waals surface area contributed by atoms with Crippen molar-refractivity contribution in [2.75, 3.05) is 60.9 Å². The van der Waals surface area contributed by atoms with Crippen molar-refractivity contribution in [2.24, 2.45) is 5.92 Å². The van der Waals surface area contributed by atoms with Crippen molar-refractivity contribution in [3.8, 4) is 6.07 Å². The molecule has 4 fully saturated rings. The van der Waals surface area contributed by atoms with Gasteiger partial charge in [0.1, 0.15) is 23.4 Å². The molecule has 0 bridgehead atoms. The number of anilines is 4. The quantitative estimate of drug-likeness (QED) is 0.163. The molecule has 4 atom stereocenters. The van der Waals surface area contributed by atoms with Crippen molar-refractivity contribution in [3.63, 3.8) is 0 Å². The van der Waals surface area contributed by atoms with Gasteiger partial charge in [-0.05, 0) is 93.8 Å². The lowest BCUT2D eigenvalue weighted by molar-refractivity contribution is -0.138. The van der Waals surface area contributed by atoms with Crippen LogP contribution in [0.25, 0.3) is 0 Å². The summed E-state index contributed by atoms with van der Waals surface area (Å²) in [7, 11) is -4.38. The first kappa shape index (κ1) is 43.1. The number of amides is 2. The highest BCUT2D eigenvalue weighted by molar-refractivity contribution is 7.89. The summed E-state index contributed by atoms with van der Waals surface area (Å²) in [5.41, 5.74) is -0.825. The Morgan fingerprint density at radius 3 is 2.48 bits per heavy atom. The number of sulfonamides is 1. The van der Waals surface area contributed by atoms with Gasteiger partial charge >= 0.3 is 6.18 Å². The van der Waals surface area contributed by atoms with Gasteiger partial charge in [0.2, 0.25) is 27.8 Å². The summed E-state index contributed by atoms with van der Waals surface area (Å²) in [5.74, 6) is -2.93. The Hall–Kier alpha value is -4.97.